The molecule has 0 aliphatic carbocycles. The molecule has 0 spiro atoms. The topological polar surface area (TPSA) is 50.8 Å². The molecule has 1 amide bonds. The number of ether oxygens (including phenoxy) is 2. The number of methoxy groups -OCH3 is 1. The molecular formula is C16H24ClFN2O3. The summed E-state index contributed by atoms with van der Waals surface area (Å²) in [7, 11) is 1.58. The molecule has 7 heteroatoms. The highest BCUT2D eigenvalue weighted by Crippen LogP contribution is 2.14. The molecule has 1 aromatic rings. The van der Waals surface area contributed by atoms with Gasteiger partial charge < -0.3 is 19.7 Å². The highest BCUT2D eigenvalue weighted by molar-refractivity contribution is 5.94. The van der Waals surface area contributed by atoms with Crippen LogP contribution in [-0.2, 0) is 16.1 Å². The molecule has 1 aliphatic rings. The molecule has 130 valence electrons. The molecule has 23 heavy (non-hydrogen) atoms. The Hall–Kier alpha value is -1.21. The van der Waals surface area contributed by atoms with Crippen LogP contribution >= 0.6 is 12.4 Å². The van der Waals surface area contributed by atoms with Crippen molar-refractivity contribution in [2.45, 2.75) is 13.0 Å². The number of carbonyl (C=O) groups is 1. The Kier molecular flexibility index (Phi) is 9.09. The average Bonchev–Trinajstić information content (AvgIpc) is 2.81. The van der Waals surface area contributed by atoms with E-state index < -0.39 is 0 Å². The van der Waals surface area contributed by atoms with E-state index in [4.69, 9.17) is 9.47 Å². The van der Waals surface area contributed by atoms with Crippen LogP contribution in [0.1, 0.15) is 22.3 Å². The Balaban J connectivity index is 0.00000264. The van der Waals surface area contributed by atoms with E-state index in [1.165, 1.54) is 12.1 Å². The second kappa shape index (κ2) is 10.5. The maximum absolute atomic E-state index is 13.8. The summed E-state index contributed by atoms with van der Waals surface area (Å²) < 4.78 is 24.0. The minimum atomic E-state index is -0.355. The fourth-order valence-corrected chi connectivity index (χ4v) is 2.37. The predicted molar refractivity (Wildman–Crippen MR) is 88.6 cm³/mol. The summed E-state index contributed by atoms with van der Waals surface area (Å²) in [6.07, 6.45) is 0.930. The van der Waals surface area contributed by atoms with Gasteiger partial charge in [0.2, 0.25) is 0 Å². The van der Waals surface area contributed by atoms with Crippen LogP contribution in [0.4, 0.5) is 4.39 Å². The van der Waals surface area contributed by atoms with Gasteiger partial charge in [-0.15, -0.1) is 12.4 Å². The molecule has 1 saturated heterocycles. The molecule has 5 nitrogen and oxygen atoms in total. The van der Waals surface area contributed by atoms with Gasteiger partial charge in [-0.25, -0.2) is 4.39 Å². The molecular weight excluding hydrogens is 323 g/mol. The van der Waals surface area contributed by atoms with Crippen LogP contribution < -0.4 is 5.32 Å². The number of carbonyl (C=O) groups excluding carboxylic acids is 1. The van der Waals surface area contributed by atoms with Crippen molar-refractivity contribution in [3.63, 3.8) is 0 Å². The van der Waals surface area contributed by atoms with Crippen molar-refractivity contribution in [3.05, 3.63) is 35.1 Å². The predicted octanol–water partition coefficient (Wildman–Crippen LogP) is 1.85. The molecule has 0 unspecified atom stereocenters. The van der Waals surface area contributed by atoms with Gasteiger partial charge in [0.05, 0.1) is 19.8 Å². The number of halogens is 2. The summed E-state index contributed by atoms with van der Waals surface area (Å²) >= 11 is 0. The minimum absolute atomic E-state index is 0. The summed E-state index contributed by atoms with van der Waals surface area (Å²) in [5, 5.41) is 3.26. The summed E-state index contributed by atoms with van der Waals surface area (Å²) in [4.78, 5) is 14.3. The summed E-state index contributed by atoms with van der Waals surface area (Å²) in [5.74, 6) is -0.409. The van der Waals surface area contributed by atoms with Crippen LogP contribution in [0.3, 0.4) is 0 Å². The van der Waals surface area contributed by atoms with Crippen LogP contribution in [0, 0.1) is 5.82 Å². The number of hydrogen-bond donors (Lipinski definition) is 1. The SMILES string of the molecule is COCCOCc1cc(C(=O)N2CCCNCC2)ccc1F.Cl. The fourth-order valence-electron chi connectivity index (χ4n) is 2.37. The molecule has 0 aromatic heterocycles. The molecule has 0 saturated carbocycles. The molecule has 1 fully saturated rings. The molecule has 1 N–H and O–H groups in total. The van der Waals surface area contributed by atoms with E-state index in [1.807, 2.05) is 4.90 Å². The molecule has 0 radical (unpaired) electrons. The lowest BCUT2D eigenvalue weighted by Gasteiger charge is -2.20. The third kappa shape index (κ3) is 6.06. The highest BCUT2D eigenvalue weighted by Gasteiger charge is 2.18. The maximum Gasteiger partial charge on any atom is 0.253 e. The first-order chi connectivity index (χ1) is 10.7. The fraction of sp³-hybridized carbons (Fsp3) is 0.562. The van der Waals surface area contributed by atoms with Gasteiger partial charge in [0, 0.05) is 37.9 Å². The third-order valence-corrected chi connectivity index (χ3v) is 3.61. The highest BCUT2D eigenvalue weighted by atomic mass is 35.5. The van der Waals surface area contributed by atoms with E-state index in [-0.39, 0.29) is 30.7 Å². The van der Waals surface area contributed by atoms with Crippen molar-refractivity contribution >= 4 is 18.3 Å². The first-order valence-electron chi connectivity index (χ1n) is 7.57. The zero-order chi connectivity index (χ0) is 15.8. The second-order valence-electron chi connectivity index (χ2n) is 5.25. The van der Waals surface area contributed by atoms with Gasteiger partial charge in [-0.1, -0.05) is 0 Å². The molecule has 1 aromatic carbocycles. The largest absolute Gasteiger partial charge is 0.382 e. The molecule has 0 atom stereocenters. The van der Waals surface area contributed by atoms with Crippen LogP contribution in [0.25, 0.3) is 0 Å². The molecule has 2 rings (SSSR count). The summed E-state index contributed by atoms with van der Waals surface area (Å²) in [6, 6.07) is 4.45. The van der Waals surface area contributed by atoms with Crippen molar-refractivity contribution in [3.8, 4) is 0 Å². The molecule has 1 heterocycles. The van der Waals surface area contributed by atoms with Crippen LogP contribution in [-0.4, -0.2) is 57.3 Å². The maximum atomic E-state index is 13.8. The average molecular weight is 347 g/mol. The van der Waals surface area contributed by atoms with E-state index in [9.17, 15) is 9.18 Å². The van der Waals surface area contributed by atoms with Gasteiger partial charge in [-0.05, 0) is 31.2 Å². The lowest BCUT2D eigenvalue weighted by molar-refractivity contribution is 0.0603. The number of hydrogen-bond acceptors (Lipinski definition) is 4. The zero-order valence-corrected chi connectivity index (χ0v) is 14.2. The van der Waals surface area contributed by atoms with Crippen molar-refractivity contribution in [2.24, 2.45) is 0 Å². The van der Waals surface area contributed by atoms with E-state index >= 15 is 0 Å². The van der Waals surface area contributed by atoms with Gasteiger partial charge in [0.25, 0.3) is 5.91 Å². The van der Waals surface area contributed by atoms with Crippen molar-refractivity contribution < 1.29 is 18.7 Å². The number of nitrogens with one attached hydrogen (secondary N) is 1. The standard InChI is InChI=1S/C16H23FN2O3.ClH/c1-21-9-10-22-12-14-11-13(3-4-15(14)17)16(20)19-7-2-5-18-6-8-19;/h3-4,11,18H,2,5-10,12H2,1H3;1H. The number of nitrogens with zero attached hydrogens (tertiary/aromatic N) is 1. The van der Waals surface area contributed by atoms with E-state index in [1.54, 1.807) is 13.2 Å². The van der Waals surface area contributed by atoms with Gasteiger partial charge in [-0.2, -0.15) is 0 Å². The third-order valence-electron chi connectivity index (χ3n) is 3.61. The normalized spacial score (nSPS) is 15.0. The van der Waals surface area contributed by atoms with Gasteiger partial charge in [-0.3, -0.25) is 4.79 Å². The quantitative estimate of drug-likeness (QED) is 0.799. The first-order valence-corrected chi connectivity index (χ1v) is 7.57. The lowest BCUT2D eigenvalue weighted by atomic mass is 10.1. The van der Waals surface area contributed by atoms with Gasteiger partial charge in [0.15, 0.2) is 0 Å². The Morgan fingerprint density at radius 1 is 1.30 bits per heavy atom. The Morgan fingerprint density at radius 2 is 2.13 bits per heavy atom. The van der Waals surface area contributed by atoms with Gasteiger partial charge in [0.1, 0.15) is 5.82 Å². The van der Waals surface area contributed by atoms with Crippen LogP contribution in [0.2, 0.25) is 0 Å². The number of benzene rings is 1. The zero-order valence-electron chi connectivity index (χ0n) is 13.3. The van der Waals surface area contributed by atoms with Crippen molar-refractivity contribution in [1.29, 1.82) is 0 Å². The van der Waals surface area contributed by atoms with Crippen LogP contribution in [0.15, 0.2) is 18.2 Å². The minimum Gasteiger partial charge on any atom is -0.382 e. The number of amides is 1. The van der Waals surface area contributed by atoms with Crippen LogP contribution in [0.5, 0.6) is 0 Å². The number of rotatable bonds is 6. The first kappa shape index (κ1) is 19.8. The second-order valence-corrected chi connectivity index (χ2v) is 5.25. The Bertz CT molecular complexity index is 494. The molecule has 0 bridgehead atoms. The molecule has 1 aliphatic heterocycles. The van der Waals surface area contributed by atoms with Crippen molar-refractivity contribution in [1.82, 2.24) is 10.2 Å². The Labute approximate surface area is 142 Å². The van der Waals surface area contributed by atoms with Gasteiger partial charge >= 0.3 is 0 Å². The Morgan fingerprint density at radius 3 is 2.91 bits per heavy atom. The summed E-state index contributed by atoms with van der Waals surface area (Å²) in [6.45, 7) is 4.11. The van der Waals surface area contributed by atoms with E-state index in [0.717, 1.165) is 26.1 Å². The van der Waals surface area contributed by atoms with E-state index in [2.05, 4.69) is 5.32 Å². The van der Waals surface area contributed by atoms with E-state index in [0.29, 0.717) is 30.9 Å². The lowest BCUT2D eigenvalue weighted by Crippen LogP contribution is -2.34. The monoisotopic (exact) mass is 346 g/mol. The van der Waals surface area contributed by atoms with Crippen molar-refractivity contribution in [2.75, 3.05) is 46.5 Å². The smallest absolute Gasteiger partial charge is 0.253 e. The summed E-state index contributed by atoms with van der Waals surface area (Å²) in [5.41, 5.74) is 0.906.